The molecule has 1 aromatic rings. The van der Waals surface area contributed by atoms with Gasteiger partial charge < -0.3 is 0 Å². The van der Waals surface area contributed by atoms with E-state index in [2.05, 4.69) is 33.9 Å². The highest BCUT2D eigenvalue weighted by Gasteiger charge is 2.01. The van der Waals surface area contributed by atoms with Crippen molar-refractivity contribution in [1.82, 2.24) is 20.1 Å². The van der Waals surface area contributed by atoms with Crippen molar-refractivity contribution in [2.24, 2.45) is 0 Å². The molecule has 1 N–H and O–H groups in total. The lowest BCUT2D eigenvalue weighted by atomic mass is 10.4. The summed E-state index contributed by atoms with van der Waals surface area (Å²) in [6, 6.07) is 0. The summed E-state index contributed by atoms with van der Waals surface area (Å²) in [5, 5.41) is 6.61. The molecule has 0 amide bonds. The van der Waals surface area contributed by atoms with Gasteiger partial charge in [0.05, 0.1) is 6.54 Å². The monoisotopic (exact) mass is 154 g/mol. The molecule has 0 fully saturated rings. The van der Waals surface area contributed by atoms with Gasteiger partial charge in [-0.05, 0) is 13.1 Å². The molecule has 11 heavy (non-hydrogen) atoms. The summed E-state index contributed by atoms with van der Waals surface area (Å²) in [4.78, 5) is 6.32. The summed E-state index contributed by atoms with van der Waals surface area (Å²) in [7, 11) is 0. The van der Waals surface area contributed by atoms with Crippen molar-refractivity contribution in [2.75, 3.05) is 13.1 Å². The molecule has 4 heteroatoms. The van der Waals surface area contributed by atoms with Gasteiger partial charge in [-0.15, -0.1) is 0 Å². The number of aromatic nitrogens is 3. The maximum absolute atomic E-state index is 4.04. The molecule has 4 nitrogen and oxygen atoms in total. The van der Waals surface area contributed by atoms with Crippen LogP contribution in [-0.2, 0) is 6.54 Å². The molecule has 62 valence electrons. The Hall–Kier alpha value is -0.900. The van der Waals surface area contributed by atoms with Crippen molar-refractivity contribution in [3.8, 4) is 0 Å². The second kappa shape index (κ2) is 4.08. The van der Waals surface area contributed by atoms with Gasteiger partial charge in [-0.25, -0.2) is 4.98 Å². The lowest BCUT2D eigenvalue weighted by molar-refractivity contribution is 0.288. The molecule has 1 heterocycles. The Kier molecular flexibility index (Phi) is 3.04. The molecular formula is C7H14N4. The molecule has 0 aromatic carbocycles. The number of nitrogens with one attached hydrogen (secondary N) is 1. The minimum atomic E-state index is 0.868. The van der Waals surface area contributed by atoms with Crippen LogP contribution in [0.25, 0.3) is 0 Å². The van der Waals surface area contributed by atoms with E-state index in [1.54, 1.807) is 6.33 Å². The van der Waals surface area contributed by atoms with Crippen molar-refractivity contribution in [3.63, 3.8) is 0 Å². The van der Waals surface area contributed by atoms with E-state index in [9.17, 15) is 0 Å². The van der Waals surface area contributed by atoms with Gasteiger partial charge in [-0.2, -0.15) is 5.10 Å². The van der Waals surface area contributed by atoms with E-state index in [0.717, 1.165) is 25.5 Å². The zero-order chi connectivity index (χ0) is 8.10. The molecule has 0 atom stereocenters. The van der Waals surface area contributed by atoms with Gasteiger partial charge in [0.15, 0.2) is 0 Å². The zero-order valence-electron chi connectivity index (χ0n) is 7.04. The maximum Gasteiger partial charge on any atom is 0.138 e. The molecule has 0 saturated carbocycles. The van der Waals surface area contributed by atoms with Gasteiger partial charge in [-0.1, -0.05) is 13.8 Å². The van der Waals surface area contributed by atoms with Crippen LogP contribution in [0.5, 0.6) is 0 Å². The normalized spacial score (nSPS) is 10.8. The Balaban J connectivity index is 2.41. The van der Waals surface area contributed by atoms with E-state index >= 15 is 0 Å². The van der Waals surface area contributed by atoms with Gasteiger partial charge in [0.2, 0.25) is 0 Å². The van der Waals surface area contributed by atoms with E-state index in [0.29, 0.717) is 0 Å². The van der Waals surface area contributed by atoms with Crippen LogP contribution in [0.3, 0.4) is 0 Å². The third kappa shape index (κ3) is 2.31. The Morgan fingerprint density at radius 1 is 1.45 bits per heavy atom. The lowest BCUT2D eigenvalue weighted by Gasteiger charge is -2.15. The van der Waals surface area contributed by atoms with Gasteiger partial charge >= 0.3 is 0 Å². The van der Waals surface area contributed by atoms with Crippen LogP contribution in [-0.4, -0.2) is 33.2 Å². The number of nitrogens with zero attached hydrogens (tertiary/aromatic N) is 3. The average Bonchev–Trinajstić information content (AvgIpc) is 2.52. The topological polar surface area (TPSA) is 44.8 Å². The first-order chi connectivity index (χ1) is 5.36. The molecule has 0 bridgehead atoms. The van der Waals surface area contributed by atoms with Crippen LogP contribution in [0.1, 0.15) is 19.7 Å². The van der Waals surface area contributed by atoms with Gasteiger partial charge in [0.1, 0.15) is 12.2 Å². The molecule has 0 aliphatic carbocycles. The predicted octanol–water partition coefficient (Wildman–Crippen LogP) is 0.646. The van der Waals surface area contributed by atoms with E-state index in [1.165, 1.54) is 0 Å². The third-order valence-corrected chi connectivity index (χ3v) is 1.73. The molecule has 0 aliphatic heterocycles. The van der Waals surface area contributed by atoms with Crippen LogP contribution in [0.2, 0.25) is 0 Å². The molecule has 0 spiro atoms. The van der Waals surface area contributed by atoms with Crippen molar-refractivity contribution in [2.45, 2.75) is 20.4 Å². The van der Waals surface area contributed by atoms with Gasteiger partial charge in [-0.3, -0.25) is 10.00 Å². The van der Waals surface area contributed by atoms with E-state index < -0.39 is 0 Å². The Morgan fingerprint density at radius 2 is 2.18 bits per heavy atom. The molecular weight excluding hydrogens is 140 g/mol. The lowest BCUT2D eigenvalue weighted by Crippen LogP contribution is -2.22. The highest BCUT2D eigenvalue weighted by atomic mass is 15.2. The molecule has 0 aliphatic rings. The first kappa shape index (κ1) is 8.20. The summed E-state index contributed by atoms with van der Waals surface area (Å²) in [5.74, 6) is 0.939. The number of hydrogen-bond donors (Lipinski definition) is 1. The fourth-order valence-corrected chi connectivity index (χ4v) is 0.966. The quantitative estimate of drug-likeness (QED) is 0.692. The zero-order valence-corrected chi connectivity index (χ0v) is 7.04. The van der Waals surface area contributed by atoms with Crippen LogP contribution >= 0.6 is 0 Å². The van der Waals surface area contributed by atoms with Gasteiger partial charge in [0, 0.05) is 0 Å². The van der Waals surface area contributed by atoms with Crippen molar-refractivity contribution in [1.29, 1.82) is 0 Å². The first-order valence-electron chi connectivity index (χ1n) is 3.93. The summed E-state index contributed by atoms with van der Waals surface area (Å²) in [5.41, 5.74) is 0. The molecule has 0 unspecified atom stereocenters. The Morgan fingerprint density at radius 3 is 2.64 bits per heavy atom. The van der Waals surface area contributed by atoms with Crippen molar-refractivity contribution >= 4 is 0 Å². The number of rotatable bonds is 4. The van der Waals surface area contributed by atoms with Crippen molar-refractivity contribution < 1.29 is 0 Å². The van der Waals surface area contributed by atoms with Crippen LogP contribution in [0.15, 0.2) is 6.33 Å². The summed E-state index contributed by atoms with van der Waals surface area (Å²) in [6.45, 7) is 7.25. The summed E-state index contributed by atoms with van der Waals surface area (Å²) in [6.07, 6.45) is 1.54. The maximum atomic E-state index is 4.04. The summed E-state index contributed by atoms with van der Waals surface area (Å²) < 4.78 is 0. The fourth-order valence-electron chi connectivity index (χ4n) is 0.966. The third-order valence-electron chi connectivity index (χ3n) is 1.73. The van der Waals surface area contributed by atoms with E-state index in [-0.39, 0.29) is 0 Å². The molecule has 0 saturated heterocycles. The van der Waals surface area contributed by atoms with Crippen LogP contribution in [0, 0.1) is 0 Å². The number of aromatic amines is 1. The highest BCUT2D eigenvalue weighted by molar-refractivity contribution is 4.79. The second-order valence-corrected chi connectivity index (χ2v) is 2.39. The highest BCUT2D eigenvalue weighted by Crippen LogP contribution is 1.94. The average molecular weight is 154 g/mol. The smallest absolute Gasteiger partial charge is 0.138 e. The molecule has 1 rings (SSSR count). The number of hydrogen-bond acceptors (Lipinski definition) is 3. The largest absolute Gasteiger partial charge is 0.297 e. The van der Waals surface area contributed by atoms with Gasteiger partial charge in [0.25, 0.3) is 0 Å². The Bertz CT molecular complexity index is 178. The Labute approximate surface area is 66.6 Å². The summed E-state index contributed by atoms with van der Waals surface area (Å²) >= 11 is 0. The minimum absolute atomic E-state index is 0.868. The van der Waals surface area contributed by atoms with E-state index in [1.807, 2.05) is 0 Å². The van der Waals surface area contributed by atoms with E-state index in [4.69, 9.17) is 0 Å². The van der Waals surface area contributed by atoms with Crippen molar-refractivity contribution in [3.05, 3.63) is 12.2 Å². The number of H-pyrrole nitrogens is 1. The molecule has 0 radical (unpaired) electrons. The fraction of sp³-hybridized carbons (Fsp3) is 0.714. The predicted molar refractivity (Wildman–Crippen MR) is 43.0 cm³/mol. The standard InChI is InChI=1S/C7H14N4/c1-3-11(4-2)5-7-8-6-9-10-7/h6H,3-5H2,1-2H3,(H,8,9,10). The second-order valence-electron chi connectivity index (χ2n) is 2.39. The van der Waals surface area contributed by atoms with Crippen LogP contribution < -0.4 is 0 Å². The first-order valence-corrected chi connectivity index (χ1v) is 3.93. The molecule has 1 aromatic heterocycles. The SMILES string of the molecule is CCN(CC)Cc1ncn[nH]1. The minimum Gasteiger partial charge on any atom is -0.297 e. The van der Waals surface area contributed by atoms with Crippen LogP contribution in [0.4, 0.5) is 0 Å².